The Bertz CT molecular complexity index is 825. The third-order valence-corrected chi connectivity index (χ3v) is 4.59. The Morgan fingerprint density at radius 1 is 1.07 bits per heavy atom. The summed E-state index contributed by atoms with van der Waals surface area (Å²) in [5.74, 6) is 1.26. The summed E-state index contributed by atoms with van der Waals surface area (Å²) in [5, 5.41) is 0. The number of pyridine rings is 1. The SMILES string of the molecule is COc1ccc(/C=C/C(=O)N2CCN(c3ccc(C(F)(F)F)c[nH+]3)CC2)cc1. The van der Waals surface area contributed by atoms with Crippen molar-refractivity contribution >= 4 is 17.8 Å². The van der Waals surface area contributed by atoms with Crippen molar-refractivity contribution in [1.82, 2.24) is 4.90 Å². The summed E-state index contributed by atoms with van der Waals surface area (Å²) in [6.07, 6.45) is -0.125. The summed E-state index contributed by atoms with van der Waals surface area (Å²) in [6, 6.07) is 9.85. The normalized spacial score (nSPS) is 15.1. The predicted molar refractivity (Wildman–Crippen MR) is 98.8 cm³/mol. The van der Waals surface area contributed by atoms with Crippen LogP contribution in [0, 0.1) is 0 Å². The summed E-state index contributed by atoms with van der Waals surface area (Å²) in [7, 11) is 1.59. The standard InChI is InChI=1S/C20H20F3N3O2/c1-28-17-6-2-15(3-7-17)4-9-19(27)26-12-10-25(11-13-26)18-8-5-16(14-24-18)20(21,22)23/h2-9,14H,10-13H2,1H3/p+1/b9-4+. The zero-order valence-electron chi connectivity index (χ0n) is 15.4. The molecule has 0 spiro atoms. The minimum atomic E-state index is -4.36. The van der Waals surface area contributed by atoms with Gasteiger partial charge in [-0.15, -0.1) is 0 Å². The molecule has 2 heterocycles. The number of ether oxygens (including phenoxy) is 1. The predicted octanol–water partition coefficient (Wildman–Crippen LogP) is 2.89. The number of carbonyl (C=O) groups is 1. The Labute approximate surface area is 161 Å². The Hall–Kier alpha value is -3.03. The van der Waals surface area contributed by atoms with E-state index in [1.807, 2.05) is 29.2 Å². The second kappa shape index (κ2) is 8.33. The van der Waals surface area contributed by atoms with Crippen molar-refractivity contribution in [3.05, 3.63) is 59.8 Å². The molecule has 0 atom stereocenters. The third-order valence-electron chi connectivity index (χ3n) is 4.59. The van der Waals surface area contributed by atoms with Crippen LogP contribution in [0.3, 0.4) is 0 Å². The molecule has 1 amide bonds. The van der Waals surface area contributed by atoms with Crippen LogP contribution in [0.2, 0.25) is 0 Å². The number of carbonyl (C=O) groups excluding carboxylic acids is 1. The van der Waals surface area contributed by atoms with Gasteiger partial charge < -0.3 is 9.64 Å². The molecule has 1 N–H and O–H groups in total. The highest BCUT2D eigenvalue weighted by Gasteiger charge is 2.32. The van der Waals surface area contributed by atoms with Crippen molar-refractivity contribution in [1.29, 1.82) is 0 Å². The molecule has 0 radical (unpaired) electrons. The van der Waals surface area contributed by atoms with Crippen molar-refractivity contribution in [2.75, 3.05) is 38.2 Å². The molecule has 1 aromatic carbocycles. The fraction of sp³-hybridized carbons (Fsp3) is 0.300. The number of methoxy groups -OCH3 is 1. The lowest BCUT2D eigenvalue weighted by atomic mass is 10.2. The molecule has 5 nitrogen and oxygen atoms in total. The number of amides is 1. The molecular weight excluding hydrogens is 371 g/mol. The molecule has 0 aliphatic carbocycles. The molecule has 2 aromatic rings. The van der Waals surface area contributed by atoms with Crippen LogP contribution in [0.5, 0.6) is 5.75 Å². The number of hydrogen-bond acceptors (Lipinski definition) is 3. The lowest BCUT2D eigenvalue weighted by Crippen LogP contribution is -2.49. The molecule has 28 heavy (non-hydrogen) atoms. The Kier molecular flexibility index (Phi) is 5.87. The topological polar surface area (TPSA) is 46.9 Å². The van der Waals surface area contributed by atoms with Crippen LogP contribution in [0.4, 0.5) is 19.0 Å². The van der Waals surface area contributed by atoms with E-state index in [-0.39, 0.29) is 5.91 Å². The van der Waals surface area contributed by atoms with Gasteiger partial charge in [-0.3, -0.25) is 9.69 Å². The van der Waals surface area contributed by atoms with Crippen molar-refractivity contribution in [3.63, 3.8) is 0 Å². The number of halogens is 3. The second-order valence-electron chi connectivity index (χ2n) is 6.38. The second-order valence-corrected chi connectivity index (χ2v) is 6.38. The average Bonchev–Trinajstić information content (AvgIpc) is 2.72. The first kappa shape index (κ1) is 19.7. The van der Waals surface area contributed by atoms with Gasteiger partial charge in [0.15, 0.2) is 0 Å². The lowest BCUT2D eigenvalue weighted by molar-refractivity contribution is -0.367. The van der Waals surface area contributed by atoms with Gasteiger partial charge in [-0.25, -0.2) is 4.98 Å². The Morgan fingerprint density at radius 3 is 2.29 bits per heavy atom. The first-order chi connectivity index (χ1) is 13.4. The number of aromatic amines is 1. The van der Waals surface area contributed by atoms with E-state index in [4.69, 9.17) is 4.74 Å². The van der Waals surface area contributed by atoms with Gasteiger partial charge in [-0.2, -0.15) is 13.2 Å². The molecule has 0 bridgehead atoms. The number of nitrogens with zero attached hydrogens (tertiary/aromatic N) is 2. The highest BCUT2D eigenvalue weighted by Crippen LogP contribution is 2.28. The van der Waals surface area contributed by atoms with E-state index in [9.17, 15) is 18.0 Å². The molecule has 0 saturated carbocycles. The summed E-state index contributed by atoms with van der Waals surface area (Å²) < 4.78 is 43.0. The number of aromatic nitrogens is 1. The minimum absolute atomic E-state index is 0.0909. The number of nitrogens with one attached hydrogen (secondary N) is 1. The molecular formula is C20H21F3N3O2+. The van der Waals surface area contributed by atoms with Crippen LogP contribution >= 0.6 is 0 Å². The Morgan fingerprint density at radius 2 is 1.75 bits per heavy atom. The smallest absolute Gasteiger partial charge is 0.419 e. The fourth-order valence-corrected chi connectivity index (χ4v) is 2.95. The zero-order chi connectivity index (χ0) is 20.1. The first-order valence-corrected chi connectivity index (χ1v) is 8.82. The summed E-state index contributed by atoms with van der Waals surface area (Å²) >= 11 is 0. The van der Waals surface area contributed by atoms with E-state index in [0.29, 0.717) is 32.0 Å². The van der Waals surface area contributed by atoms with Crippen LogP contribution in [-0.4, -0.2) is 44.1 Å². The van der Waals surface area contributed by atoms with Gasteiger partial charge in [-0.1, -0.05) is 12.1 Å². The van der Waals surface area contributed by atoms with E-state index in [1.165, 1.54) is 12.1 Å². The highest BCUT2D eigenvalue weighted by atomic mass is 19.4. The molecule has 1 aromatic heterocycles. The van der Waals surface area contributed by atoms with Crippen LogP contribution < -0.4 is 14.6 Å². The quantitative estimate of drug-likeness (QED) is 0.752. The van der Waals surface area contributed by atoms with Gasteiger partial charge in [0.2, 0.25) is 5.91 Å². The van der Waals surface area contributed by atoms with Gasteiger partial charge >= 0.3 is 6.18 Å². The lowest BCUT2D eigenvalue weighted by Gasteiger charge is -2.30. The van der Waals surface area contributed by atoms with E-state index in [1.54, 1.807) is 18.1 Å². The van der Waals surface area contributed by atoms with Crippen LogP contribution in [0.1, 0.15) is 11.1 Å². The minimum Gasteiger partial charge on any atom is -0.497 e. The van der Waals surface area contributed by atoms with E-state index in [0.717, 1.165) is 23.6 Å². The maximum atomic E-state index is 12.6. The number of benzene rings is 1. The first-order valence-electron chi connectivity index (χ1n) is 8.82. The number of alkyl halides is 3. The van der Waals surface area contributed by atoms with Crippen molar-refractivity contribution < 1.29 is 27.7 Å². The number of rotatable bonds is 4. The highest BCUT2D eigenvalue weighted by molar-refractivity contribution is 5.92. The van der Waals surface area contributed by atoms with E-state index in [2.05, 4.69) is 4.98 Å². The molecule has 1 aliphatic heterocycles. The third kappa shape index (κ3) is 4.82. The summed E-state index contributed by atoms with van der Waals surface area (Å²) in [6.45, 7) is 2.09. The van der Waals surface area contributed by atoms with Crippen LogP contribution in [0.15, 0.2) is 48.7 Å². The fourth-order valence-electron chi connectivity index (χ4n) is 2.95. The maximum absolute atomic E-state index is 12.6. The van der Waals surface area contributed by atoms with Crippen molar-refractivity contribution in [2.45, 2.75) is 6.18 Å². The van der Waals surface area contributed by atoms with Gasteiger partial charge in [-0.05, 0) is 29.8 Å². The number of hydrogen-bond donors (Lipinski definition) is 0. The molecule has 1 aliphatic rings. The molecule has 1 saturated heterocycles. The largest absolute Gasteiger partial charge is 0.497 e. The number of piperazine rings is 1. The summed E-state index contributed by atoms with van der Waals surface area (Å²) in [4.78, 5) is 18.7. The molecule has 8 heteroatoms. The number of H-pyrrole nitrogens is 1. The zero-order valence-corrected chi connectivity index (χ0v) is 15.4. The molecule has 0 unspecified atom stereocenters. The van der Waals surface area contributed by atoms with Crippen molar-refractivity contribution in [3.8, 4) is 5.75 Å². The molecule has 148 valence electrons. The number of anilines is 1. The maximum Gasteiger partial charge on any atom is 0.419 e. The van der Waals surface area contributed by atoms with Gasteiger partial charge in [0, 0.05) is 12.1 Å². The van der Waals surface area contributed by atoms with Crippen molar-refractivity contribution in [2.24, 2.45) is 0 Å². The van der Waals surface area contributed by atoms with Gasteiger partial charge in [0.05, 0.1) is 25.8 Å². The molecule has 3 rings (SSSR count). The van der Waals surface area contributed by atoms with Gasteiger partial charge in [0.25, 0.3) is 5.82 Å². The average molecular weight is 392 g/mol. The monoisotopic (exact) mass is 392 g/mol. The Balaban J connectivity index is 1.54. The molecule has 1 fully saturated rings. The van der Waals surface area contributed by atoms with Crippen LogP contribution in [-0.2, 0) is 11.0 Å². The summed E-state index contributed by atoms with van der Waals surface area (Å²) in [5.41, 5.74) is 0.181. The van der Waals surface area contributed by atoms with E-state index >= 15 is 0 Å². The van der Waals surface area contributed by atoms with E-state index < -0.39 is 11.7 Å². The van der Waals surface area contributed by atoms with Crippen LogP contribution in [0.25, 0.3) is 6.08 Å². The van der Waals surface area contributed by atoms with Gasteiger partial charge in [0.1, 0.15) is 25.0 Å².